The fourth-order valence-corrected chi connectivity index (χ4v) is 4.16. The first kappa shape index (κ1) is 22.5. The molecule has 0 radical (unpaired) electrons. The molecule has 0 atom stereocenters. The largest absolute Gasteiger partial charge is 0.486 e. The van der Waals surface area contributed by atoms with E-state index in [0.29, 0.717) is 29.1 Å². The van der Waals surface area contributed by atoms with Crippen LogP contribution in [0.4, 0.5) is 5.69 Å². The second-order valence-electron chi connectivity index (χ2n) is 8.77. The lowest BCUT2D eigenvalue weighted by molar-refractivity contribution is 0.0350. The smallest absolute Gasteiger partial charge is 0.170 e. The Labute approximate surface area is 194 Å². The van der Waals surface area contributed by atoms with E-state index in [0.717, 1.165) is 35.2 Å². The minimum Gasteiger partial charge on any atom is -0.486 e. The van der Waals surface area contributed by atoms with Crippen molar-refractivity contribution < 1.29 is 9.53 Å². The molecule has 1 aliphatic heterocycles. The Kier molecular flexibility index (Phi) is 6.15. The number of carbonyl (C=O) groups is 1. The normalized spacial score (nSPS) is 14.4. The molecule has 0 fully saturated rings. The maximum absolute atomic E-state index is 12.9. The number of ketones is 1. The number of hydrogen-bond donors (Lipinski definition) is 1. The molecule has 0 aliphatic carbocycles. The Balaban J connectivity index is 1.60. The topological polar surface area (TPSA) is 87.9 Å². The summed E-state index contributed by atoms with van der Waals surface area (Å²) in [5, 5.41) is 12.8. The van der Waals surface area contributed by atoms with Gasteiger partial charge in [0.25, 0.3) is 0 Å². The van der Waals surface area contributed by atoms with Gasteiger partial charge in [0.2, 0.25) is 0 Å². The number of ether oxygens (including phenoxy) is 1. The minimum atomic E-state index is -0.404. The molecule has 0 spiro atoms. The molecule has 0 bridgehead atoms. The average Bonchev–Trinajstić information content (AvgIpc) is 2.83. The first-order valence-corrected chi connectivity index (χ1v) is 11.4. The predicted molar refractivity (Wildman–Crippen MR) is 129 cm³/mol. The Hall–Kier alpha value is -3.72. The van der Waals surface area contributed by atoms with Crippen LogP contribution in [0.3, 0.4) is 0 Å². The molecule has 4 rings (SSSR count). The van der Waals surface area contributed by atoms with Crippen molar-refractivity contribution in [1.82, 2.24) is 9.97 Å². The zero-order chi connectivity index (χ0) is 23.6. The highest BCUT2D eigenvalue weighted by atomic mass is 16.5. The van der Waals surface area contributed by atoms with Crippen molar-refractivity contribution in [3.05, 3.63) is 59.9 Å². The van der Waals surface area contributed by atoms with Gasteiger partial charge in [-0.15, -0.1) is 0 Å². The number of aromatic nitrogens is 2. The highest BCUT2D eigenvalue weighted by Gasteiger charge is 2.37. The van der Waals surface area contributed by atoms with E-state index in [2.05, 4.69) is 35.2 Å². The number of nitrogens with one attached hydrogen (secondary N) is 1. The quantitative estimate of drug-likeness (QED) is 0.504. The van der Waals surface area contributed by atoms with Crippen LogP contribution in [0, 0.1) is 11.3 Å². The van der Waals surface area contributed by atoms with Gasteiger partial charge >= 0.3 is 0 Å². The van der Waals surface area contributed by atoms with E-state index in [1.54, 1.807) is 18.5 Å². The van der Waals surface area contributed by atoms with Gasteiger partial charge in [0.05, 0.1) is 23.2 Å². The minimum absolute atomic E-state index is 0.110. The van der Waals surface area contributed by atoms with Gasteiger partial charge in [-0.1, -0.05) is 19.9 Å². The SMILES string of the molecule is CCC1(CC)CC(=O)c2cc(-c3cnc(-c4ccc(NC(C)C)c(C#N)c4)nc3)ccc2O1. The van der Waals surface area contributed by atoms with Gasteiger partial charge in [-0.05, 0) is 62.6 Å². The summed E-state index contributed by atoms with van der Waals surface area (Å²) in [5.74, 6) is 1.30. The zero-order valence-electron chi connectivity index (χ0n) is 19.5. The molecule has 6 heteroatoms. The van der Waals surface area contributed by atoms with Crippen molar-refractivity contribution in [3.8, 4) is 34.3 Å². The van der Waals surface area contributed by atoms with Crippen molar-refractivity contribution in [2.45, 2.75) is 58.6 Å². The third kappa shape index (κ3) is 4.45. The summed E-state index contributed by atoms with van der Waals surface area (Å²) in [6, 6.07) is 13.7. The van der Waals surface area contributed by atoms with E-state index in [1.165, 1.54) is 0 Å². The molecule has 0 amide bonds. The summed E-state index contributed by atoms with van der Waals surface area (Å²) < 4.78 is 6.23. The van der Waals surface area contributed by atoms with Crippen LogP contribution in [0.15, 0.2) is 48.8 Å². The highest BCUT2D eigenvalue weighted by molar-refractivity contribution is 6.01. The molecular weight excluding hydrogens is 412 g/mol. The second-order valence-corrected chi connectivity index (χ2v) is 8.77. The van der Waals surface area contributed by atoms with Crippen molar-refractivity contribution in [3.63, 3.8) is 0 Å². The molecule has 33 heavy (non-hydrogen) atoms. The van der Waals surface area contributed by atoms with Crippen LogP contribution in [0.1, 0.15) is 62.9 Å². The van der Waals surface area contributed by atoms with Crippen molar-refractivity contribution in [2.24, 2.45) is 0 Å². The lowest BCUT2D eigenvalue weighted by Crippen LogP contribution is -2.40. The first-order chi connectivity index (χ1) is 15.9. The van der Waals surface area contributed by atoms with Crippen molar-refractivity contribution in [1.29, 1.82) is 5.26 Å². The van der Waals surface area contributed by atoms with E-state index in [9.17, 15) is 10.1 Å². The van der Waals surface area contributed by atoms with Gasteiger partial charge in [0.1, 0.15) is 17.4 Å². The monoisotopic (exact) mass is 440 g/mol. The van der Waals surface area contributed by atoms with Crippen LogP contribution in [0.5, 0.6) is 5.75 Å². The Morgan fingerprint density at radius 2 is 1.76 bits per heavy atom. The fraction of sp³-hybridized carbons (Fsp3) is 0.333. The summed E-state index contributed by atoms with van der Waals surface area (Å²) in [5.41, 5.74) is 4.01. The van der Waals surface area contributed by atoms with Crippen LogP contribution in [0.2, 0.25) is 0 Å². The Morgan fingerprint density at radius 3 is 2.39 bits per heavy atom. The third-order valence-corrected chi connectivity index (χ3v) is 6.21. The number of rotatable bonds is 6. The maximum atomic E-state index is 12.9. The van der Waals surface area contributed by atoms with E-state index in [4.69, 9.17) is 4.74 Å². The molecule has 1 aromatic heterocycles. The van der Waals surface area contributed by atoms with Gasteiger partial charge < -0.3 is 10.1 Å². The standard InChI is InChI=1S/C27H28N4O2/c1-5-27(6-2)13-24(32)22-12-18(8-10-25(22)33-27)21-15-29-26(30-16-21)19-7-9-23(31-17(3)4)20(11-19)14-28/h7-12,15-17,31H,5-6,13H2,1-4H3. The van der Waals surface area contributed by atoms with Crippen LogP contribution in [0.25, 0.3) is 22.5 Å². The van der Waals surface area contributed by atoms with Gasteiger partial charge in [0, 0.05) is 29.6 Å². The number of hydrogen-bond acceptors (Lipinski definition) is 6. The van der Waals surface area contributed by atoms with Gasteiger partial charge in [-0.25, -0.2) is 9.97 Å². The number of carbonyl (C=O) groups excluding carboxylic acids is 1. The molecule has 0 saturated carbocycles. The van der Waals surface area contributed by atoms with E-state index >= 15 is 0 Å². The van der Waals surface area contributed by atoms with Crippen LogP contribution < -0.4 is 10.1 Å². The molecule has 1 aliphatic rings. The maximum Gasteiger partial charge on any atom is 0.170 e. The lowest BCUT2D eigenvalue weighted by atomic mass is 9.85. The third-order valence-electron chi connectivity index (χ3n) is 6.21. The lowest BCUT2D eigenvalue weighted by Gasteiger charge is -2.36. The molecule has 168 valence electrons. The Morgan fingerprint density at radius 1 is 1.06 bits per heavy atom. The Bertz CT molecular complexity index is 1220. The molecule has 3 aromatic rings. The van der Waals surface area contributed by atoms with Crippen LogP contribution in [-0.4, -0.2) is 27.4 Å². The van der Waals surface area contributed by atoms with E-state index in [-0.39, 0.29) is 11.8 Å². The zero-order valence-corrected chi connectivity index (χ0v) is 19.5. The summed E-state index contributed by atoms with van der Waals surface area (Å²) in [4.78, 5) is 21.9. The van der Waals surface area contributed by atoms with Crippen molar-refractivity contribution in [2.75, 3.05) is 5.32 Å². The molecule has 1 N–H and O–H groups in total. The molecule has 2 aromatic carbocycles. The predicted octanol–water partition coefficient (Wildman–Crippen LogP) is 6.03. The number of Topliss-reactive ketones (excluding diaryl/α,β-unsaturated/α-hetero) is 1. The first-order valence-electron chi connectivity index (χ1n) is 11.4. The van der Waals surface area contributed by atoms with Crippen LogP contribution >= 0.6 is 0 Å². The number of nitrogens with zero attached hydrogens (tertiary/aromatic N) is 3. The van der Waals surface area contributed by atoms with E-state index in [1.807, 2.05) is 44.2 Å². The molecule has 6 nitrogen and oxygen atoms in total. The summed E-state index contributed by atoms with van der Waals surface area (Å²) in [6.45, 7) is 8.18. The number of fused-ring (bicyclic) bond motifs is 1. The number of benzene rings is 2. The van der Waals surface area contributed by atoms with Gasteiger partial charge in [0.15, 0.2) is 11.6 Å². The van der Waals surface area contributed by atoms with Crippen molar-refractivity contribution >= 4 is 11.5 Å². The second kappa shape index (κ2) is 9.03. The summed E-state index contributed by atoms with van der Waals surface area (Å²) >= 11 is 0. The molecule has 0 saturated heterocycles. The molecule has 2 heterocycles. The molecular formula is C27H28N4O2. The fourth-order valence-electron chi connectivity index (χ4n) is 4.16. The summed E-state index contributed by atoms with van der Waals surface area (Å²) in [7, 11) is 0. The van der Waals surface area contributed by atoms with Gasteiger partial charge in [-0.2, -0.15) is 5.26 Å². The highest BCUT2D eigenvalue weighted by Crippen LogP contribution is 2.39. The van der Waals surface area contributed by atoms with Gasteiger partial charge in [-0.3, -0.25) is 4.79 Å². The van der Waals surface area contributed by atoms with E-state index < -0.39 is 5.60 Å². The number of nitriles is 1. The average molecular weight is 441 g/mol. The number of anilines is 1. The van der Waals surface area contributed by atoms with Crippen LogP contribution in [-0.2, 0) is 0 Å². The molecule has 0 unspecified atom stereocenters. The summed E-state index contributed by atoms with van der Waals surface area (Å²) in [6.07, 6.45) is 5.48.